The Bertz CT molecular complexity index is 1140. The highest BCUT2D eigenvalue weighted by Crippen LogP contribution is 2.18. The average molecular weight is 533 g/mol. The lowest BCUT2D eigenvalue weighted by Gasteiger charge is -2.32. The smallest absolute Gasteiger partial charge is 0.309 e. The van der Waals surface area contributed by atoms with E-state index in [4.69, 9.17) is 4.42 Å². The predicted octanol–water partition coefficient (Wildman–Crippen LogP) is 1.08. The molecule has 5 N–H and O–H groups in total. The third kappa shape index (κ3) is 9.17. The number of sulfonamides is 1. The fraction of sp³-hybridized carbons (Fsp3) is 0.500. The Kier molecular flexibility index (Phi) is 10.3. The molecular weight excluding hydrogens is 502 g/mol. The zero-order chi connectivity index (χ0) is 27.0. The summed E-state index contributed by atoms with van der Waals surface area (Å²) < 4.78 is 57.0. The summed E-state index contributed by atoms with van der Waals surface area (Å²) >= 11 is 0. The molecule has 4 unspecified atom stereocenters. The van der Waals surface area contributed by atoms with Crippen LogP contribution in [0.5, 0.6) is 0 Å². The summed E-state index contributed by atoms with van der Waals surface area (Å²) in [6.07, 6.45) is -0.121. The number of nitrogens with zero attached hydrogens (tertiary/aromatic N) is 1. The van der Waals surface area contributed by atoms with Crippen LogP contribution in [0.25, 0.3) is 0 Å². The van der Waals surface area contributed by atoms with Gasteiger partial charge in [0.15, 0.2) is 5.69 Å². The third-order valence-corrected chi connectivity index (χ3v) is 5.68. The number of aromatic nitrogens is 1. The molecule has 0 spiro atoms. The van der Waals surface area contributed by atoms with Crippen LogP contribution in [0, 0.1) is 11.6 Å². The Labute approximate surface area is 207 Å². The Balaban J connectivity index is 2.32. The lowest BCUT2D eigenvalue weighted by Crippen LogP contribution is -2.56. The fourth-order valence-corrected chi connectivity index (χ4v) is 3.97. The number of halogens is 2. The van der Waals surface area contributed by atoms with E-state index in [1.54, 1.807) is 0 Å². The lowest BCUT2D eigenvalue weighted by atomic mass is 9.91. The number of hydrogen-bond acceptors (Lipinski definition) is 8. The van der Waals surface area contributed by atoms with Crippen LogP contribution < -0.4 is 15.4 Å². The van der Waals surface area contributed by atoms with Gasteiger partial charge in [-0.3, -0.25) is 9.59 Å². The maximum absolute atomic E-state index is 13.7. The second-order valence-electron chi connectivity index (χ2n) is 8.40. The lowest BCUT2D eigenvalue weighted by molar-refractivity contribution is -0.121. The molecule has 0 saturated heterocycles. The normalized spacial score (nSPS) is 15.0. The van der Waals surface area contributed by atoms with E-state index in [0.29, 0.717) is 18.9 Å². The number of rotatable bonds is 13. The number of aliphatic hydroxyl groups excluding tert-OH is 2. The van der Waals surface area contributed by atoms with E-state index in [0.717, 1.165) is 31.1 Å². The molecule has 2 amide bonds. The van der Waals surface area contributed by atoms with Crippen LogP contribution in [0.1, 0.15) is 49.2 Å². The first-order chi connectivity index (χ1) is 16.8. The van der Waals surface area contributed by atoms with Gasteiger partial charge in [-0.1, -0.05) is 19.8 Å². The van der Waals surface area contributed by atoms with Crippen molar-refractivity contribution >= 4 is 27.9 Å². The van der Waals surface area contributed by atoms with Crippen LogP contribution in [0.2, 0.25) is 0 Å². The van der Waals surface area contributed by atoms with Crippen molar-refractivity contribution in [2.24, 2.45) is 0 Å². The van der Waals surface area contributed by atoms with Crippen LogP contribution in [0.4, 0.5) is 14.8 Å². The number of hydrogen-bond donors (Lipinski definition) is 5. The van der Waals surface area contributed by atoms with Gasteiger partial charge in [0.05, 0.1) is 18.3 Å². The second kappa shape index (κ2) is 12.7. The van der Waals surface area contributed by atoms with Crippen molar-refractivity contribution in [3.05, 3.63) is 47.4 Å². The van der Waals surface area contributed by atoms with Crippen LogP contribution in [-0.4, -0.2) is 66.0 Å². The van der Waals surface area contributed by atoms with Crippen LogP contribution >= 0.6 is 0 Å². The quantitative estimate of drug-likeness (QED) is 0.255. The zero-order valence-electron chi connectivity index (χ0n) is 20.0. The summed E-state index contributed by atoms with van der Waals surface area (Å²) in [5.74, 6) is -3.11. The molecule has 0 fully saturated rings. The number of aliphatic hydroxyl groups is 2. The van der Waals surface area contributed by atoms with Crippen molar-refractivity contribution in [2.75, 3.05) is 11.0 Å². The van der Waals surface area contributed by atoms with Gasteiger partial charge in [-0.05, 0) is 30.5 Å². The number of carbonyl (C=O) groups excluding carboxylic acids is 2. The Hall–Kier alpha value is -3.10. The molecule has 1 heterocycles. The van der Waals surface area contributed by atoms with E-state index >= 15 is 0 Å². The SMILES string of the molecule is CCCCC(NC(C)=O)C(O)C(O)C(Cc1cc(F)cc(F)c1)NC(=O)c1coc(NS(C)(=O)=O)n1. The van der Waals surface area contributed by atoms with Crippen LogP contribution in [-0.2, 0) is 21.2 Å². The van der Waals surface area contributed by atoms with Gasteiger partial charge in [0, 0.05) is 13.0 Å². The van der Waals surface area contributed by atoms with Gasteiger partial charge in [-0.25, -0.2) is 21.9 Å². The van der Waals surface area contributed by atoms with Crippen molar-refractivity contribution in [3.63, 3.8) is 0 Å². The molecular formula is C22H30F2N4O7S. The van der Waals surface area contributed by atoms with Crippen molar-refractivity contribution in [1.82, 2.24) is 15.6 Å². The van der Waals surface area contributed by atoms with Gasteiger partial charge in [0.1, 0.15) is 30.1 Å². The van der Waals surface area contributed by atoms with Gasteiger partial charge in [-0.2, -0.15) is 4.98 Å². The first-order valence-corrected chi connectivity index (χ1v) is 13.0. The minimum atomic E-state index is -3.73. The Morgan fingerprint density at radius 3 is 2.25 bits per heavy atom. The van der Waals surface area contributed by atoms with Crippen molar-refractivity contribution in [3.8, 4) is 0 Å². The van der Waals surface area contributed by atoms with E-state index in [9.17, 15) is 37.0 Å². The number of amides is 2. The monoisotopic (exact) mass is 532 g/mol. The maximum atomic E-state index is 13.7. The molecule has 36 heavy (non-hydrogen) atoms. The standard InChI is InChI=1S/C22H30F2N4O7S/c1-4-5-6-16(25-12(2)29)19(30)20(31)17(9-13-7-14(23)10-15(24)8-13)26-21(32)18-11-35-22(27-18)28-36(3,33)34/h7-8,10-11,16-17,19-20,30-31H,4-6,9H2,1-3H3,(H,25,29)(H,26,32)(H,27,28). The summed E-state index contributed by atoms with van der Waals surface area (Å²) in [7, 11) is -3.73. The van der Waals surface area contributed by atoms with E-state index in [1.165, 1.54) is 6.92 Å². The highest BCUT2D eigenvalue weighted by atomic mass is 32.2. The molecule has 0 aliphatic heterocycles. The molecule has 2 rings (SSSR count). The number of oxazole rings is 1. The molecule has 0 aliphatic carbocycles. The molecule has 0 aliphatic rings. The molecule has 0 saturated carbocycles. The van der Waals surface area contributed by atoms with E-state index in [-0.39, 0.29) is 17.7 Å². The molecule has 4 atom stereocenters. The topological polar surface area (TPSA) is 171 Å². The highest BCUT2D eigenvalue weighted by molar-refractivity contribution is 7.91. The number of carbonyl (C=O) groups is 2. The minimum Gasteiger partial charge on any atom is -0.431 e. The summed E-state index contributed by atoms with van der Waals surface area (Å²) in [6.45, 7) is 3.15. The second-order valence-corrected chi connectivity index (χ2v) is 10.2. The summed E-state index contributed by atoms with van der Waals surface area (Å²) in [5, 5.41) is 26.8. The van der Waals surface area contributed by atoms with Gasteiger partial charge >= 0.3 is 6.01 Å². The van der Waals surface area contributed by atoms with E-state index in [1.807, 2.05) is 11.6 Å². The minimum absolute atomic E-state index is 0.0771. The molecule has 0 radical (unpaired) electrons. The molecule has 1 aromatic heterocycles. The third-order valence-electron chi connectivity index (χ3n) is 5.14. The van der Waals surface area contributed by atoms with Crippen LogP contribution in [0.3, 0.4) is 0 Å². The molecule has 200 valence electrons. The predicted molar refractivity (Wildman–Crippen MR) is 125 cm³/mol. The number of anilines is 1. The number of nitrogens with one attached hydrogen (secondary N) is 3. The first kappa shape index (κ1) is 29.1. The summed E-state index contributed by atoms with van der Waals surface area (Å²) in [5.41, 5.74) is -0.282. The summed E-state index contributed by atoms with van der Waals surface area (Å²) in [4.78, 5) is 28.1. The van der Waals surface area contributed by atoms with Gasteiger partial charge in [-0.15, -0.1) is 0 Å². The molecule has 0 bridgehead atoms. The van der Waals surface area contributed by atoms with E-state index in [2.05, 4.69) is 15.6 Å². The first-order valence-electron chi connectivity index (χ1n) is 11.1. The zero-order valence-corrected chi connectivity index (χ0v) is 20.8. The van der Waals surface area contributed by atoms with Crippen molar-refractivity contribution in [1.29, 1.82) is 0 Å². The molecule has 14 heteroatoms. The molecule has 2 aromatic rings. The molecule has 11 nitrogen and oxygen atoms in total. The maximum Gasteiger partial charge on any atom is 0.309 e. The Morgan fingerprint density at radius 2 is 1.69 bits per heavy atom. The van der Waals surface area contributed by atoms with Gasteiger partial charge in [0.25, 0.3) is 5.91 Å². The van der Waals surface area contributed by atoms with Crippen molar-refractivity contribution < 1.29 is 41.4 Å². The van der Waals surface area contributed by atoms with Crippen LogP contribution in [0.15, 0.2) is 28.9 Å². The van der Waals surface area contributed by atoms with Gasteiger partial charge in [0.2, 0.25) is 15.9 Å². The van der Waals surface area contributed by atoms with Crippen molar-refractivity contribution in [2.45, 2.75) is 63.8 Å². The number of unbranched alkanes of at least 4 members (excludes halogenated alkanes) is 1. The summed E-state index contributed by atoms with van der Waals surface area (Å²) in [6, 6.07) is 0.0404. The van der Waals surface area contributed by atoms with Gasteiger partial charge < -0.3 is 25.3 Å². The Morgan fingerprint density at radius 1 is 1.08 bits per heavy atom. The fourth-order valence-electron chi connectivity index (χ4n) is 3.56. The highest BCUT2D eigenvalue weighted by Gasteiger charge is 2.34. The van der Waals surface area contributed by atoms with E-state index < -0.39 is 63.8 Å². The number of benzene rings is 1. The average Bonchev–Trinajstić information content (AvgIpc) is 3.21. The molecule has 1 aromatic carbocycles. The largest absolute Gasteiger partial charge is 0.431 e.